The van der Waals surface area contributed by atoms with Gasteiger partial charge in [-0.15, -0.1) is 0 Å². The molecule has 0 aliphatic carbocycles. The largest absolute Gasteiger partial charge is 0.305 e. The van der Waals surface area contributed by atoms with E-state index in [4.69, 9.17) is 0 Å². The van der Waals surface area contributed by atoms with Gasteiger partial charge in [0.2, 0.25) is 5.91 Å². The van der Waals surface area contributed by atoms with Crippen LogP contribution in [0.5, 0.6) is 0 Å². The van der Waals surface area contributed by atoms with Gasteiger partial charge in [0.15, 0.2) is 0 Å². The van der Waals surface area contributed by atoms with Crippen molar-refractivity contribution in [1.29, 1.82) is 0 Å². The van der Waals surface area contributed by atoms with Crippen LogP contribution in [0, 0.1) is 13.8 Å². The molecule has 1 aliphatic heterocycles. The quantitative estimate of drug-likeness (QED) is 0.548. The second-order valence-corrected chi connectivity index (χ2v) is 11.9. The Bertz CT molecular complexity index is 1330. The molecule has 0 saturated heterocycles. The van der Waals surface area contributed by atoms with E-state index in [1.54, 1.807) is 48.5 Å². The average Bonchev–Trinajstić information content (AvgIpc) is 2.98. The SMILES string of the molecule is CC(=O)N1CN(S(=O)(=O)c2ccc(C)cc2)c2ccccc2N(S(=O)(=O)c2ccc(C)cc2)C1. The second-order valence-electron chi connectivity index (χ2n) is 8.16. The molecule has 0 N–H and O–H groups in total. The van der Waals surface area contributed by atoms with Gasteiger partial charge in [-0.05, 0) is 50.2 Å². The highest BCUT2D eigenvalue weighted by molar-refractivity contribution is 7.93. The number of carbonyl (C=O) groups is 1. The van der Waals surface area contributed by atoms with Crippen LogP contribution in [0.2, 0.25) is 0 Å². The third-order valence-electron chi connectivity index (χ3n) is 5.68. The molecule has 1 aliphatic rings. The van der Waals surface area contributed by atoms with Crippen LogP contribution < -0.4 is 8.61 Å². The Balaban J connectivity index is 1.91. The molecule has 0 atom stereocenters. The zero-order valence-electron chi connectivity index (χ0n) is 19.0. The van der Waals surface area contributed by atoms with Gasteiger partial charge in [0.05, 0.1) is 21.2 Å². The minimum atomic E-state index is -4.10. The first-order chi connectivity index (χ1) is 16.0. The molecule has 0 saturated carbocycles. The smallest absolute Gasteiger partial charge is 0.265 e. The Labute approximate surface area is 200 Å². The van der Waals surface area contributed by atoms with Crippen molar-refractivity contribution in [3.63, 3.8) is 0 Å². The summed E-state index contributed by atoms with van der Waals surface area (Å²) in [5.74, 6) is -0.457. The first-order valence-corrected chi connectivity index (χ1v) is 13.4. The molecule has 0 unspecified atom stereocenters. The zero-order chi connectivity index (χ0) is 24.7. The summed E-state index contributed by atoms with van der Waals surface area (Å²) in [5, 5.41) is 0. The van der Waals surface area contributed by atoms with E-state index in [0.717, 1.165) is 19.7 Å². The minimum Gasteiger partial charge on any atom is -0.305 e. The molecule has 0 fully saturated rings. The highest BCUT2D eigenvalue weighted by Crippen LogP contribution is 2.38. The fourth-order valence-corrected chi connectivity index (χ4v) is 6.56. The van der Waals surface area contributed by atoms with Crippen LogP contribution in [0.1, 0.15) is 18.1 Å². The number of para-hydroxylation sites is 2. The van der Waals surface area contributed by atoms with Crippen LogP contribution in [0.3, 0.4) is 0 Å². The Kier molecular flexibility index (Phi) is 6.13. The molecule has 34 heavy (non-hydrogen) atoms. The number of rotatable bonds is 4. The molecule has 1 amide bonds. The first-order valence-electron chi connectivity index (χ1n) is 10.6. The van der Waals surface area contributed by atoms with Crippen LogP contribution in [0.25, 0.3) is 0 Å². The number of anilines is 2. The highest BCUT2D eigenvalue weighted by Gasteiger charge is 2.38. The maximum Gasteiger partial charge on any atom is 0.265 e. The van der Waals surface area contributed by atoms with Crippen LogP contribution in [0.4, 0.5) is 11.4 Å². The number of benzene rings is 3. The summed E-state index contributed by atoms with van der Waals surface area (Å²) >= 11 is 0. The summed E-state index contributed by atoms with van der Waals surface area (Å²) in [6.45, 7) is 4.32. The van der Waals surface area contributed by atoms with Crippen molar-refractivity contribution in [2.45, 2.75) is 30.6 Å². The van der Waals surface area contributed by atoms with E-state index in [9.17, 15) is 21.6 Å². The van der Waals surface area contributed by atoms with Crippen LogP contribution in [-0.2, 0) is 24.8 Å². The van der Waals surface area contributed by atoms with Crippen molar-refractivity contribution in [3.8, 4) is 0 Å². The molecule has 4 rings (SSSR count). The van der Waals surface area contributed by atoms with E-state index >= 15 is 0 Å². The standard InChI is InChI=1S/C24H25N3O5S2/c1-18-8-12-21(13-9-18)33(29,30)26-16-25(20(3)28)17-27(24-7-5-4-6-23(24)26)34(31,32)22-14-10-19(2)11-15-22/h4-15H,16-17H2,1-3H3. The Morgan fingerprint density at radius 3 is 1.32 bits per heavy atom. The lowest BCUT2D eigenvalue weighted by Crippen LogP contribution is -2.46. The van der Waals surface area contributed by atoms with E-state index in [1.807, 2.05) is 13.8 Å². The fraction of sp³-hybridized carbons (Fsp3) is 0.208. The molecule has 0 bridgehead atoms. The molecule has 1 heterocycles. The van der Waals surface area contributed by atoms with Crippen LogP contribution >= 0.6 is 0 Å². The van der Waals surface area contributed by atoms with Crippen molar-refractivity contribution in [2.24, 2.45) is 0 Å². The van der Waals surface area contributed by atoms with Crippen molar-refractivity contribution in [3.05, 3.63) is 83.9 Å². The van der Waals surface area contributed by atoms with Gasteiger partial charge in [0, 0.05) is 6.92 Å². The average molecular weight is 500 g/mol. The summed E-state index contributed by atoms with van der Waals surface area (Å²) in [5.41, 5.74) is 2.14. The Morgan fingerprint density at radius 1 is 0.647 bits per heavy atom. The third-order valence-corrected chi connectivity index (χ3v) is 9.20. The molecule has 3 aromatic rings. The number of hydrogen-bond acceptors (Lipinski definition) is 5. The number of fused-ring (bicyclic) bond motifs is 1. The predicted molar refractivity (Wildman–Crippen MR) is 130 cm³/mol. The molecule has 0 aromatic heterocycles. The van der Waals surface area contributed by atoms with Crippen molar-refractivity contribution in [2.75, 3.05) is 21.9 Å². The minimum absolute atomic E-state index is 0.0475. The lowest BCUT2D eigenvalue weighted by Gasteiger charge is -2.28. The number of nitrogens with zero attached hydrogens (tertiary/aromatic N) is 3. The van der Waals surface area contributed by atoms with E-state index < -0.39 is 26.0 Å². The number of aryl methyl sites for hydroxylation is 2. The number of hydrogen-bond donors (Lipinski definition) is 0. The summed E-state index contributed by atoms with van der Waals surface area (Å²) in [6.07, 6.45) is 0. The summed E-state index contributed by atoms with van der Waals surface area (Å²) in [4.78, 5) is 13.8. The van der Waals surface area contributed by atoms with E-state index in [0.29, 0.717) is 0 Å². The molecule has 10 heteroatoms. The second kappa shape index (κ2) is 8.77. The molecule has 0 radical (unpaired) electrons. The third kappa shape index (κ3) is 4.26. The van der Waals surface area contributed by atoms with Crippen molar-refractivity contribution in [1.82, 2.24) is 4.90 Å². The number of carbonyl (C=O) groups excluding carboxylic acids is 1. The van der Waals surface area contributed by atoms with Gasteiger partial charge < -0.3 is 4.90 Å². The van der Waals surface area contributed by atoms with Crippen LogP contribution in [0.15, 0.2) is 82.6 Å². The topological polar surface area (TPSA) is 95.1 Å². The molecule has 8 nitrogen and oxygen atoms in total. The molecular weight excluding hydrogens is 474 g/mol. The van der Waals surface area contributed by atoms with Gasteiger partial charge in [-0.3, -0.25) is 4.79 Å². The fourth-order valence-electron chi connectivity index (χ4n) is 3.68. The van der Waals surface area contributed by atoms with Crippen LogP contribution in [-0.4, -0.2) is 41.0 Å². The van der Waals surface area contributed by atoms with Crippen molar-refractivity contribution < 1.29 is 21.6 Å². The lowest BCUT2D eigenvalue weighted by atomic mass is 10.2. The molecule has 0 spiro atoms. The van der Waals surface area contributed by atoms with Gasteiger partial charge in [-0.25, -0.2) is 25.4 Å². The number of sulfonamides is 2. The van der Waals surface area contributed by atoms with Gasteiger partial charge in [0.25, 0.3) is 20.0 Å². The molecular formula is C24H25N3O5S2. The molecule has 178 valence electrons. The Hall–Kier alpha value is -3.37. The monoisotopic (exact) mass is 499 g/mol. The zero-order valence-corrected chi connectivity index (χ0v) is 20.7. The lowest BCUT2D eigenvalue weighted by molar-refractivity contribution is -0.128. The summed E-state index contributed by atoms with van der Waals surface area (Å²) < 4.78 is 56.8. The molecule has 3 aromatic carbocycles. The Morgan fingerprint density at radius 2 is 1.00 bits per heavy atom. The van der Waals surface area contributed by atoms with E-state index in [-0.39, 0.29) is 34.5 Å². The summed E-state index contributed by atoms with van der Waals surface area (Å²) in [6, 6.07) is 19.1. The first kappa shape index (κ1) is 23.8. The maximum atomic E-state index is 13.7. The van der Waals surface area contributed by atoms with Gasteiger partial charge in [0.1, 0.15) is 13.3 Å². The maximum absolute atomic E-state index is 13.7. The number of amides is 1. The van der Waals surface area contributed by atoms with E-state index in [1.165, 1.54) is 36.1 Å². The van der Waals surface area contributed by atoms with E-state index in [2.05, 4.69) is 0 Å². The van der Waals surface area contributed by atoms with Gasteiger partial charge in [-0.2, -0.15) is 0 Å². The summed E-state index contributed by atoms with van der Waals surface area (Å²) in [7, 11) is -8.21. The van der Waals surface area contributed by atoms with Crippen molar-refractivity contribution >= 4 is 37.3 Å². The van der Waals surface area contributed by atoms with Gasteiger partial charge >= 0.3 is 0 Å². The van der Waals surface area contributed by atoms with Gasteiger partial charge in [-0.1, -0.05) is 47.5 Å². The normalized spacial score (nSPS) is 14.5. The predicted octanol–water partition coefficient (Wildman–Crippen LogP) is 3.47. The highest BCUT2D eigenvalue weighted by atomic mass is 32.2.